The number of rotatable bonds is 7. The number of aryl methyl sites for hydroxylation is 1. The van der Waals surface area contributed by atoms with Crippen LogP contribution in [0.5, 0.6) is 5.75 Å². The maximum atomic E-state index is 13.3. The van der Waals surface area contributed by atoms with Crippen LogP contribution in [0.4, 0.5) is 5.69 Å². The maximum Gasteiger partial charge on any atom is 0.255 e. The number of ether oxygens (including phenoxy) is 2. The number of methoxy groups -OCH3 is 1. The molecular formula is C23H29N5O3. The molecule has 1 atom stereocenters. The van der Waals surface area contributed by atoms with E-state index in [0.717, 1.165) is 40.9 Å². The van der Waals surface area contributed by atoms with E-state index in [0.29, 0.717) is 25.3 Å². The zero-order valence-electron chi connectivity index (χ0n) is 18.2. The summed E-state index contributed by atoms with van der Waals surface area (Å²) in [5, 5.41) is 12.0. The Kier molecular flexibility index (Phi) is 6.36. The lowest BCUT2D eigenvalue weighted by Crippen LogP contribution is -2.31. The first-order valence-corrected chi connectivity index (χ1v) is 10.7. The number of aromatic nitrogens is 3. The fourth-order valence-corrected chi connectivity index (χ4v) is 3.90. The summed E-state index contributed by atoms with van der Waals surface area (Å²) in [7, 11) is 1.63. The first kappa shape index (κ1) is 21.1. The Morgan fingerprint density at radius 1 is 1.32 bits per heavy atom. The molecule has 1 amide bonds. The molecule has 2 aromatic heterocycles. The molecule has 1 aliphatic rings. The highest BCUT2D eigenvalue weighted by Crippen LogP contribution is 2.29. The molecule has 0 unspecified atom stereocenters. The number of nitrogens with zero attached hydrogens (tertiary/aromatic N) is 3. The van der Waals surface area contributed by atoms with Gasteiger partial charge in [-0.2, -0.15) is 5.10 Å². The zero-order valence-corrected chi connectivity index (χ0v) is 18.2. The van der Waals surface area contributed by atoms with Gasteiger partial charge in [0.2, 0.25) is 0 Å². The Labute approximate surface area is 181 Å². The number of pyridine rings is 1. The van der Waals surface area contributed by atoms with Crippen molar-refractivity contribution < 1.29 is 14.3 Å². The van der Waals surface area contributed by atoms with E-state index in [1.54, 1.807) is 19.5 Å². The van der Waals surface area contributed by atoms with Gasteiger partial charge in [0.25, 0.3) is 5.91 Å². The lowest BCUT2D eigenvalue weighted by atomic mass is 10.1. The fourth-order valence-electron chi connectivity index (χ4n) is 3.90. The van der Waals surface area contributed by atoms with Gasteiger partial charge in [-0.05, 0) is 44.4 Å². The molecule has 1 aromatic carbocycles. The van der Waals surface area contributed by atoms with Crippen molar-refractivity contribution in [3.63, 3.8) is 0 Å². The number of carbonyl (C=O) groups is 1. The van der Waals surface area contributed by atoms with E-state index in [-0.39, 0.29) is 18.0 Å². The SMILES string of the molecule is CCn1ncc2c(NC3CCOCC3)c(C(=O)N[C@H](C)c3cccc(OC)c3)cnc21. The summed E-state index contributed by atoms with van der Waals surface area (Å²) in [4.78, 5) is 17.8. The summed E-state index contributed by atoms with van der Waals surface area (Å²) in [6, 6.07) is 7.76. The largest absolute Gasteiger partial charge is 0.497 e. The van der Waals surface area contributed by atoms with Gasteiger partial charge in [0, 0.05) is 32.0 Å². The molecule has 4 rings (SSSR count). The lowest BCUT2D eigenvalue weighted by Gasteiger charge is -2.26. The standard InChI is InChI=1S/C23H29N5O3/c1-4-28-22-19(14-25-28)21(27-17-8-10-31-11-9-17)20(13-24-22)23(29)26-15(2)16-6-5-7-18(12-16)30-3/h5-7,12-15,17H,4,8-11H2,1-3H3,(H,24,27)(H,26,29)/t15-/m1/s1. The van der Waals surface area contributed by atoms with Crippen LogP contribution in [0.3, 0.4) is 0 Å². The van der Waals surface area contributed by atoms with Crippen LogP contribution in [0.2, 0.25) is 0 Å². The second kappa shape index (κ2) is 9.34. The number of fused-ring (bicyclic) bond motifs is 1. The summed E-state index contributed by atoms with van der Waals surface area (Å²) in [5.74, 6) is 0.582. The molecule has 31 heavy (non-hydrogen) atoms. The molecule has 2 N–H and O–H groups in total. The topological polar surface area (TPSA) is 90.3 Å². The molecule has 1 saturated heterocycles. The van der Waals surface area contributed by atoms with E-state index in [2.05, 4.69) is 20.7 Å². The maximum absolute atomic E-state index is 13.3. The smallest absolute Gasteiger partial charge is 0.255 e. The van der Waals surface area contributed by atoms with Crippen molar-refractivity contribution in [3.8, 4) is 5.75 Å². The minimum absolute atomic E-state index is 0.177. The van der Waals surface area contributed by atoms with Crippen molar-refractivity contribution in [2.24, 2.45) is 0 Å². The van der Waals surface area contributed by atoms with E-state index in [4.69, 9.17) is 9.47 Å². The molecule has 164 valence electrons. The van der Waals surface area contributed by atoms with Crippen LogP contribution in [0, 0.1) is 0 Å². The van der Waals surface area contributed by atoms with Gasteiger partial charge in [-0.15, -0.1) is 0 Å². The van der Waals surface area contributed by atoms with Crippen molar-refractivity contribution in [2.45, 2.75) is 45.3 Å². The Morgan fingerprint density at radius 3 is 2.87 bits per heavy atom. The predicted molar refractivity (Wildman–Crippen MR) is 120 cm³/mol. The quantitative estimate of drug-likeness (QED) is 0.604. The Morgan fingerprint density at radius 2 is 2.13 bits per heavy atom. The van der Waals surface area contributed by atoms with Crippen molar-refractivity contribution in [1.82, 2.24) is 20.1 Å². The highest BCUT2D eigenvalue weighted by Gasteiger charge is 2.23. The van der Waals surface area contributed by atoms with Crippen LogP contribution < -0.4 is 15.4 Å². The number of hydrogen-bond acceptors (Lipinski definition) is 6. The first-order valence-electron chi connectivity index (χ1n) is 10.7. The second-order valence-electron chi connectivity index (χ2n) is 7.75. The molecule has 8 nitrogen and oxygen atoms in total. The van der Waals surface area contributed by atoms with E-state index in [1.807, 2.05) is 42.8 Å². The van der Waals surface area contributed by atoms with Crippen LogP contribution in [-0.2, 0) is 11.3 Å². The number of hydrogen-bond donors (Lipinski definition) is 2. The van der Waals surface area contributed by atoms with Crippen molar-refractivity contribution >= 4 is 22.6 Å². The highest BCUT2D eigenvalue weighted by atomic mass is 16.5. The lowest BCUT2D eigenvalue weighted by molar-refractivity contribution is 0.0903. The summed E-state index contributed by atoms with van der Waals surface area (Å²) in [6.07, 6.45) is 5.22. The van der Waals surface area contributed by atoms with Crippen LogP contribution in [-0.4, -0.2) is 47.0 Å². The van der Waals surface area contributed by atoms with E-state index in [1.165, 1.54) is 0 Å². The van der Waals surface area contributed by atoms with Gasteiger partial charge >= 0.3 is 0 Å². The monoisotopic (exact) mass is 423 g/mol. The average molecular weight is 424 g/mol. The molecule has 3 heterocycles. The normalized spacial score (nSPS) is 15.6. The van der Waals surface area contributed by atoms with Crippen LogP contribution >= 0.6 is 0 Å². The Balaban J connectivity index is 1.64. The number of amides is 1. The second-order valence-corrected chi connectivity index (χ2v) is 7.75. The molecular weight excluding hydrogens is 394 g/mol. The molecule has 3 aromatic rings. The fraction of sp³-hybridized carbons (Fsp3) is 0.435. The van der Waals surface area contributed by atoms with Gasteiger partial charge in [0.15, 0.2) is 5.65 Å². The number of carbonyl (C=O) groups excluding carboxylic acids is 1. The molecule has 0 radical (unpaired) electrons. The van der Waals surface area contributed by atoms with Gasteiger partial charge in [0.1, 0.15) is 5.75 Å². The van der Waals surface area contributed by atoms with E-state index in [9.17, 15) is 4.79 Å². The van der Waals surface area contributed by atoms with E-state index < -0.39 is 0 Å². The van der Waals surface area contributed by atoms with Crippen LogP contribution in [0.25, 0.3) is 11.0 Å². The van der Waals surface area contributed by atoms with Gasteiger partial charge in [-0.1, -0.05) is 12.1 Å². The van der Waals surface area contributed by atoms with Gasteiger partial charge in [0.05, 0.1) is 36.0 Å². The molecule has 0 aliphatic carbocycles. The molecule has 0 spiro atoms. The van der Waals surface area contributed by atoms with E-state index >= 15 is 0 Å². The third-order valence-electron chi connectivity index (χ3n) is 5.72. The minimum Gasteiger partial charge on any atom is -0.497 e. The first-order chi connectivity index (χ1) is 15.1. The summed E-state index contributed by atoms with van der Waals surface area (Å²) < 4.78 is 12.6. The van der Waals surface area contributed by atoms with Crippen LogP contribution in [0.1, 0.15) is 48.7 Å². The molecule has 1 fully saturated rings. The zero-order chi connectivity index (χ0) is 21.8. The van der Waals surface area contributed by atoms with Crippen molar-refractivity contribution in [3.05, 3.63) is 47.8 Å². The van der Waals surface area contributed by atoms with Crippen LogP contribution in [0.15, 0.2) is 36.7 Å². The predicted octanol–water partition coefficient (Wildman–Crippen LogP) is 3.54. The van der Waals surface area contributed by atoms with Crippen molar-refractivity contribution in [2.75, 3.05) is 25.6 Å². The summed E-state index contributed by atoms with van der Waals surface area (Å²) in [5.41, 5.74) is 3.05. The molecule has 0 saturated carbocycles. The molecule has 1 aliphatic heterocycles. The third-order valence-corrected chi connectivity index (χ3v) is 5.72. The average Bonchev–Trinajstić information content (AvgIpc) is 3.23. The Bertz CT molecular complexity index is 1060. The summed E-state index contributed by atoms with van der Waals surface area (Å²) in [6.45, 7) is 6.13. The number of anilines is 1. The van der Waals surface area contributed by atoms with Crippen molar-refractivity contribution in [1.29, 1.82) is 0 Å². The molecule has 0 bridgehead atoms. The minimum atomic E-state index is -0.187. The number of benzene rings is 1. The molecule has 8 heteroatoms. The Hall–Kier alpha value is -3.13. The summed E-state index contributed by atoms with van der Waals surface area (Å²) >= 11 is 0. The van der Waals surface area contributed by atoms with Gasteiger partial charge in [-0.25, -0.2) is 9.67 Å². The number of nitrogens with one attached hydrogen (secondary N) is 2. The highest BCUT2D eigenvalue weighted by molar-refractivity contribution is 6.06. The third kappa shape index (κ3) is 4.49. The van der Waals surface area contributed by atoms with Gasteiger partial charge < -0.3 is 20.1 Å². The van der Waals surface area contributed by atoms with Gasteiger partial charge in [-0.3, -0.25) is 4.79 Å².